The summed E-state index contributed by atoms with van der Waals surface area (Å²) in [5, 5.41) is 0. The summed E-state index contributed by atoms with van der Waals surface area (Å²) < 4.78 is 0. The van der Waals surface area contributed by atoms with Gasteiger partial charge < -0.3 is 0 Å². The average Bonchev–Trinajstić information content (AvgIpc) is 2.79. The normalized spacial score (nSPS) is 34.9. The first kappa shape index (κ1) is 24.2. The summed E-state index contributed by atoms with van der Waals surface area (Å²) in [5.41, 5.74) is 0. The third-order valence-corrected chi connectivity index (χ3v) is 9.08. The molecule has 0 aromatic rings. The van der Waals surface area contributed by atoms with E-state index in [2.05, 4.69) is 25.7 Å². The van der Waals surface area contributed by atoms with Crippen LogP contribution in [0, 0.1) is 47.3 Å². The Bertz CT molecular complexity index is 484. The van der Waals surface area contributed by atoms with E-state index in [1.54, 1.807) is 0 Å². The molecule has 0 N–H and O–H groups in total. The van der Waals surface area contributed by atoms with Gasteiger partial charge in [0.25, 0.3) is 0 Å². The fourth-order valence-electron chi connectivity index (χ4n) is 6.96. The molecule has 3 aliphatic carbocycles. The van der Waals surface area contributed by atoms with E-state index in [0.717, 1.165) is 35.5 Å². The summed E-state index contributed by atoms with van der Waals surface area (Å²) in [5.74, 6) is 13.2. The molecular formula is C30H52. The Hall–Kier alpha value is -0.440. The lowest BCUT2D eigenvalue weighted by atomic mass is 9.69. The molecular weight excluding hydrogens is 360 g/mol. The lowest BCUT2D eigenvalue weighted by Crippen LogP contribution is -2.25. The molecule has 0 aromatic heterocycles. The van der Waals surface area contributed by atoms with Crippen LogP contribution in [0.15, 0.2) is 0 Å². The molecule has 172 valence electrons. The van der Waals surface area contributed by atoms with Crippen molar-refractivity contribution in [3.8, 4) is 11.8 Å². The summed E-state index contributed by atoms with van der Waals surface area (Å²) in [4.78, 5) is 0. The lowest BCUT2D eigenvalue weighted by Gasteiger charge is -2.37. The van der Waals surface area contributed by atoms with Crippen molar-refractivity contribution in [3.63, 3.8) is 0 Å². The largest absolute Gasteiger partial charge is 0.0996 e. The maximum Gasteiger partial charge on any atom is 0.0203 e. The van der Waals surface area contributed by atoms with Gasteiger partial charge >= 0.3 is 0 Å². The van der Waals surface area contributed by atoms with Crippen molar-refractivity contribution >= 4 is 0 Å². The van der Waals surface area contributed by atoms with Gasteiger partial charge in [0.1, 0.15) is 0 Å². The van der Waals surface area contributed by atoms with Crippen LogP contribution in [0.3, 0.4) is 0 Å². The molecule has 0 nitrogen and oxygen atoms in total. The lowest BCUT2D eigenvalue weighted by molar-refractivity contribution is 0.153. The minimum Gasteiger partial charge on any atom is -0.0996 e. The Morgan fingerprint density at radius 2 is 0.933 bits per heavy atom. The number of rotatable bonds is 9. The molecule has 0 radical (unpaired) electrons. The SMILES string of the molecule is CCCCCCCC1CCC(C#CC2CCC(C3CCC(CCC)CC3)CC2)CC1. The summed E-state index contributed by atoms with van der Waals surface area (Å²) in [6.45, 7) is 4.67. The zero-order valence-corrected chi connectivity index (χ0v) is 20.6. The first-order chi connectivity index (χ1) is 14.8. The van der Waals surface area contributed by atoms with Crippen molar-refractivity contribution < 1.29 is 0 Å². The minimum atomic E-state index is 0.730. The van der Waals surface area contributed by atoms with Crippen LogP contribution in [-0.2, 0) is 0 Å². The maximum absolute atomic E-state index is 3.77. The second-order valence-electron chi connectivity index (χ2n) is 11.4. The fraction of sp³-hybridized carbons (Fsp3) is 0.933. The first-order valence-corrected chi connectivity index (χ1v) is 14.3. The van der Waals surface area contributed by atoms with E-state index < -0.39 is 0 Å². The summed E-state index contributed by atoms with van der Waals surface area (Å²) >= 11 is 0. The van der Waals surface area contributed by atoms with Crippen LogP contribution in [0.5, 0.6) is 0 Å². The van der Waals surface area contributed by atoms with Crippen LogP contribution in [0.1, 0.15) is 142 Å². The van der Waals surface area contributed by atoms with E-state index in [9.17, 15) is 0 Å². The summed E-state index contributed by atoms with van der Waals surface area (Å²) in [6, 6.07) is 0. The Morgan fingerprint density at radius 3 is 1.50 bits per heavy atom. The highest BCUT2D eigenvalue weighted by molar-refractivity contribution is 5.09. The second kappa shape index (κ2) is 13.9. The minimum absolute atomic E-state index is 0.730. The van der Waals surface area contributed by atoms with E-state index >= 15 is 0 Å². The maximum atomic E-state index is 3.77. The molecule has 0 aliphatic heterocycles. The van der Waals surface area contributed by atoms with Gasteiger partial charge in [-0.2, -0.15) is 0 Å². The van der Waals surface area contributed by atoms with Crippen LogP contribution in [0.25, 0.3) is 0 Å². The summed E-state index contributed by atoms with van der Waals surface area (Å²) in [7, 11) is 0. The van der Waals surface area contributed by atoms with E-state index in [1.165, 1.54) is 128 Å². The van der Waals surface area contributed by atoms with Crippen molar-refractivity contribution in [2.45, 2.75) is 142 Å². The van der Waals surface area contributed by atoms with Crippen LogP contribution in [-0.4, -0.2) is 0 Å². The molecule has 3 aliphatic rings. The van der Waals surface area contributed by atoms with Gasteiger partial charge in [-0.1, -0.05) is 89.9 Å². The Morgan fingerprint density at radius 1 is 0.467 bits per heavy atom. The number of hydrogen-bond acceptors (Lipinski definition) is 0. The molecule has 0 bridgehead atoms. The Labute approximate surface area is 189 Å². The molecule has 0 atom stereocenters. The smallest absolute Gasteiger partial charge is 0.0203 e. The monoisotopic (exact) mass is 412 g/mol. The summed E-state index contributed by atoms with van der Waals surface area (Å²) in [6.07, 6.45) is 29.2. The van der Waals surface area contributed by atoms with E-state index in [-0.39, 0.29) is 0 Å². The van der Waals surface area contributed by atoms with Crippen molar-refractivity contribution in [2.24, 2.45) is 35.5 Å². The van der Waals surface area contributed by atoms with Gasteiger partial charge in [0.2, 0.25) is 0 Å². The zero-order chi connectivity index (χ0) is 21.0. The molecule has 0 unspecified atom stereocenters. The van der Waals surface area contributed by atoms with Gasteiger partial charge in [-0.3, -0.25) is 0 Å². The number of hydrogen-bond donors (Lipinski definition) is 0. The molecule has 30 heavy (non-hydrogen) atoms. The third kappa shape index (κ3) is 8.24. The van der Waals surface area contributed by atoms with Crippen LogP contribution in [0.4, 0.5) is 0 Å². The molecule has 3 rings (SSSR count). The quantitative estimate of drug-likeness (QED) is 0.261. The van der Waals surface area contributed by atoms with E-state index in [0.29, 0.717) is 0 Å². The Kier molecular flexibility index (Phi) is 11.2. The molecule has 0 heterocycles. The van der Waals surface area contributed by atoms with Gasteiger partial charge in [0.15, 0.2) is 0 Å². The topological polar surface area (TPSA) is 0 Å². The van der Waals surface area contributed by atoms with E-state index in [4.69, 9.17) is 0 Å². The van der Waals surface area contributed by atoms with Crippen LogP contribution < -0.4 is 0 Å². The Balaban J connectivity index is 1.27. The van der Waals surface area contributed by atoms with Crippen molar-refractivity contribution in [2.75, 3.05) is 0 Å². The highest BCUT2D eigenvalue weighted by Gasteiger charge is 2.30. The highest BCUT2D eigenvalue weighted by atomic mass is 14.4. The molecule has 0 aromatic carbocycles. The standard InChI is InChI=1S/C30H52/c1-3-5-6-7-8-10-26-11-13-27(14-12-26)15-16-28-19-23-30(24-20-28)29-21-17-25(9-4-2)18-22-29/h25-30H,3-14,17-24H2,1-2H3. The van der Waals surface area contributed by atoms with Gasteiger partial charge in [-0.05, 0) is 87.9 Å². The second-order valence-corrected chi connectivity index (χ2v) is 11.4. The number of unbranched alkanes of at least 4 members (excludes halogenated alkanes) is 4. The predicted octanol–water partition coefficient (Wildman–Crippen LogP) is 9.57. The molecule has 3 saturated carbocycles. The van der Waals surface area contributed by atoms with E-state index in [1.807, 2.05) is 0 Å². The van der Waals surface area contributed by atoms with Gasteiger partial charge in [-0.25, -0.2) is 0 Å². The highest BCUT2D eigenvalue weighted by Crippen LogP contribution is 2.42. The zero-order valence-electron chi connectivity index (χ0n) is 20.6. The van der Waals surface area contributed by atoms with Crippen LogP contribution in [0.2, 0.25) is 0 Å². The molecule has 0 spiro atoms. The van der Waals surface area contributed by atoms with Gasteiger partial charge in [-0.15, -0.1) is 0 Å². The van der Waals surface area contributed by atoms with Crippen molar-refractivity contribution in [1.29, 1.82) is 0 Å². The molecule has 0 saturated heterocycles. The molecule has 0 amide bonds. The first-order valence-electron chi connectivity index (χ1n) is 14.3. The van der Waals surface area contributed by atoms with Crippen molar-refractivity contribution in [1.82, 2.24) is 0 Å². The van der Waals surface area contributed by atoms with Crippen molar-refractivity contribution in [3.05, 3.63) is 0 Å². The molecule has 3 fully saturated rings. The predicted molar refractivity (Wildman–Crippen MR) is 132 cm³/mol. The van der Waals surface area contributed by atoms with Gasteiger partial charge in [0, 0.05) is 11.8 Å². The van der Waals surface area contributed by atoms with Gasteiger partial charge in [0.05, 0.1) is 0 Å². The third-order valence-electron chi connectivity index (χ3n) is 9.08. The molecule has 0 heteroatoms. The fourth-order valence-corrected chi connectivity index (χ4v) is 6.96. The van der Waals surface area contributed by atoms with Crippen LogP contribution >= 0.6 is 0 Å². The average molecular weight is 413 g/mol.